The summed E-state index contributed by atoms with van der Waals surface area (Å²) in [5.74, 6) is 0.492. The number of nitrogens with one attached hydrogen (secondary N) is 1. The van der Waals surface area contributed by atoms with E-state index in [4.69, 9.17) is 4.74 Å². The standard InChI is InChI=1S/C16H21NO4/c18-9-2-1-8-7-11-16(20)4-3-10(19)14-15(16,5-6-17-11)12(8)13(9)21-14/h3-4,8-9,11-14,17-18,20H,1-2,5-7H2/t8?,9?,11-,12?,13?,14+,15+,16-/m1/s1. The lowest BCUT2D eigenvalue weighted by atomic mass is 9.44. The fraction of sp³-hybridized carbons (Fsp3) is 0.812. The van der Waals surface area contributed by atoms with Crippen molar-refractivity contribution in [3.05, 3.63) is 12.2 Å². The molecule has 0 aromatic heterocycles. The minimum Gasteiger partial charge on any atom is -0.390 e. The topological polar surface area (TPSA) is 78.8 Å². The van der Waals surface area contributed by atoms with E-state index in [0.29, 0.717) is 5.92 Å². The summed E-state index contributed by atoms with van der Waals surface area (Å²) >= 11 is 0. The summed E-state index contributed by atoms with van der Waals surface area (Å²) in [6.45, 7) is 0.806. The minimum absolute atomic E-state index is 0.00283. The molecule has 2 saturated heterocycles. The van der Waals surface area contributed by atoms with Crippen molar-refractivity contribution in [2.45, 2.75) is 55.6 Å². The van der Waals surface area contributed by atoms with Gasteiger partial charge >= 0.3 is 0 Å². The molecule has 114 valence electrons. The van der Waals surface area contributed by atoms with Gasteiger partial charge in [-0.1, -0.05) is 0 Å². The first-order valence-electron chi connectivity index (χ1n) is 8.10. The summed E-state index contributed by atoms with van der Waals surface area (Å²) in [4.78, 5) is 12.4. The van der Waals surface area contributed by atoms with Gasteiger partial charge in [0.15, 0.2) is 5.78 Å². The average Bonchev–Trinajstić information content (AvgIpc) is 2.80. The van der Waals surface area contributed by atoms with Gasteiger partial charge in [0.25, 0.3) is 0 Å². The van der Waals surface area contributed by atoms with Gasteiger partial charge in [0.1, 0.15) is 11.7 Å². The van der Waals surface area contributed by atoms with E-state index in [-0.39, 0.29) is 23.8 Å². The maximum atomic E-state index is 12.4. The van der Waals surface area contributed by atoms with Crippen molar-refractivity contribution in [2.75, 3.05) is 6.54 Å². The molecule has 3 aliphatic carbocycles. The van der Waals surface area contributed by atoms with E-state index >= 15 is 0 Å². The van der Waals surface area contributed by atoms with Gasteiger partial charge in [0, 0.05) is 17.4 Å². The van der Waals surface area contributed by atoms with E-state index in [9.17, 15) is 15.0 Å². The van der Waals surface area contributed by atoms with E-state index in [1.165, 1.54) is 6.08 Å². The van der Waals surface area contributed by atoms with Crippen LogP contribution in [-0.4, -0.2) is 52.5 Å². The maximum Gasteiger partial charge on any atom is 0.184 e. The number of aliphatic hydroxyl groups excluding tert-OH is 1. The minimum atomic E-state index is -1.02. The Hall–Kier alpha value is -0.750. The molecule has 2 saturated carbocycles. The van der Waals surface area contributed by atoms with Crippen molar-refractivity contribution in [1.82, 2.24) is 5.32 Å². The zero-order chi connectivity index (χ0) is 14.4. The molecule has 5 rings (SSSR count). The summed E-state index contributed by atoms with van der Waals surface area (Å²) in [6.07, 6.45) is 5.18. The summed E-state index contributed by atoms with van der Waals surface area (Å²) < 4.78 is 6.08. The van der Waals surface area contributed by atoms with Crippen LogP contribution in [0.4, 0.5) is 0 Å². The summed E-state index contributed by atoms with van der Waals surface area (Å²) in [6, 6.07) is -0.00283. The smallest absolute Gasteiger partial charge is 0.184 e. The molecule has 4 unspecified atom stereocenters. The number of hydrogen-bond acceptors (Lipinski definition) is 5. The highest BCUT2D eigenvalue weighted by molar-refractivity contribution is 5.96. The molecule has 2 bridgehead atoms. The molecule has 1 spiro atoms. The molecule has 4 fully saturated rings. The third kappa shape index (κ3) is 1.23. The Bertz CT molecular complexity index is 548. The van der Waals surface area contributed by atoms with Crippen LogP contribution in [-0.2, 0) is 9.53 Å². The molecule has 8 atom stereocenters. The Morgan fingerprint density at radius 3 is 3.10 bits per heavy atom. The summed E-state index contributed by atoms with van der Waals surface area (Å²) in [5, 5.41) is 25.3. The molecule has 0 radical (unpaired) electrons. The van der Waals surface area contributed by atoms with Gasteiger partial charge in [-0.25, -0.2) is 0 Å². The van der Waals surface area contributed by atoms with Crippen molar-refractivity contribution in [2.24, 2.45) is 17.3 Å². The van der Waals surface area contributed by atoms with Gasteiger partial charge in [0.05, 0.1) is 12.2 Å². The van der Waals surface area contributed by atoms with Gasteiger partial charge in [-0.2, -0.15) is 0 Å². The van der Waals surface area contributed by atoms with E-state index in [0.717, 1.165) is 32.2 Å². The number of aliphatic hydroxyl groups is 2. The van der Waals surface area contributed by atoms with Crippen molar-refractivity contribution >= 4 is 5.78 Å². The van der Waals surface area contributed by atoms with Crippen LogP contribution in [0, 0.1) is 17.3 Å². The number of hydrogen-bond donors (Lipinski definition) is 3. The molecule has 2 heterocycles. The second-order valence-electron chi connectivity index (χ2n) is 7.51. The fourth-order valence-corrected chi connectivity index (χ4v) is 6.21. The number of piperidine rings is 1. The molecule has 0 aromatic carbocycles. The van der Waals surface area contributed by atoms with Crippen LogP contribution in [0.2, 0.25) is 0 Å². The molecule has 5 aliphatic rings. The van der Waals surface area contributed by atoms with Gasteiger partial charge in [0.2, 0.25) is 0 Å². The lowest BCUT2D eigenvalue weighted by molar-refractivity contribution is -0.187. The highest BCUT2D eigenvalue weighted by Crippen LogP contribution is 2.66. The zero-order valence-corrected chi connectivity index (χ0v) is 11.9. The van der Waals surface area contributed by atoms with E-state index < -0.39 is 23.2 Å². The molecular weight excluding hydrogens is 270 g/mol. The Morgan fingerprint density at radius 2 is 2.24 bits per heavy atom. The van der Waals surface area contributed by atoms with Crippen molar-refractivity contribution < 1.29 is 19.7 Å². The van der Waals surface area contributed by atoms with Crippen molar-refractivity contribution in [3.63, 3.8) is 0 Å². The van der Waals surface area contributed by atoms with E-state index in [2.05, 4.69) is 5.32 Å². The molecule has 21 heavy (non-hydrogen) atoms. The maximum absolute atomic E-state index is 12.4. The Morgan fingerprint density at radius 1 is 1.38 bits per heavy atom. The van der Waals surface area contributed by atoms with Crippen LogP contribution in [0.25, 0.3) is 0 Å². The van der Waals surface area contributed by atoms with E-state index in [1.54, 1.807) is 6.08 Å². The quantitative estimate of drug-likeness (QED) is 0.574. The zero-order valence-electron chi connectivity index (χ0n) is 11.9. The first kappa shape index (κ1) is 12.8. The predicted octanol–water partition coefficient (Wildman–Crippen LogP) is -0.237. The second kappa shape index (κ2) is 3.77. The SMILES string of the molecule is O=C1C=C[C@@]2(O)[C@H]3CC4CCC(O)C5O[C@@H]1[C@]2(CCN3)C45. The average molecular weight is 291 g/mol. The highest BCUT2D eigenvalue weighted by atomic mass is 16.5. The second-order valence-corrected chi connectivity index (χ2v) is 7.51. The van der Waals surface area contributed by atoms with Gasteiger partial charge in [-0.3, -0.25) is 4.79 Å². The first-order chi connectivity index (χ1) is 10.1. The monoisotopic (exact) mass is 291 g/mol. The number of ketones is 1. The van der Waals surface area contributed by atoms with Crippen LogP contribution in [0.3, 0.4) is 0 Å². The van der Waals surface area contributed by atoms with Gasteiger partial charge in [-0.15, -0.1) is 0 Å². The fourth-order valence-electron chi connectivity index (χ4n) is 6.21. The molecule has 3 N–H and O–H groups in total. The molecule has 0 aromatic rings. The highest BCUT2D eigenvalue weighted by Gasteiger charge is 2.75. The molecule has 0 amide bonds. The lowest BCUT2D eigenvalue weighted by Gasteiger charge is -2.63. The number of carbonyl (C=O) groups is 1. The Kier molecular flexibility index (Phi) is 2.29. The Balaban J connectivity index is 1.75. The third-order valence-corrected chi connectivity index (χ3v) is 6.94. The van der Waals surface area contributed by atoms with Crippen LogP contribution in [0.15, 0.2) is 12.2 Å². The van der Waals surface area contributed by atoms with Crippen molar-refractivity contribution in [1.29, 1.82) is 0 Å². The molecule has 5 nitrogen and oxygen atoms in total. The summed E-state index contributed by atoms with van der Waals surface area (Å²) in [5.41, 5.74) is -1.56. The molecule has 2 aliphatic heterocycles. The van der Waals surface area contributed by atoms with Crippen LogP contribution in [0.5, 0.6) is 0 Å². The lowest BCUT2D eigenvalue weighted by Crippen LogP contribution is -2.75. The summed E-state index contributed by atoms with van der Waals surface area (Å²) in [7, 11) is 0. The van der Waals surface area contributed by atoms with Gasteiger partial charge < -0.3 is 20.3 Å². The third-order valence-electron chi connectivity index (χ3n) is 6.94. The largest absolute Gasteiger partial charge is 0.390 e. The van der Waals surface area contributed by atoms with Crippen LogP contribution >= 0.6 is 0 Å². The van der Waals surface area contributed by atoms with E-state index in [1.807, 2.05) is 0 Å². The van der Waals surface area contributed by atoms with Crippen LogP contribution < -0.4 is 5.32 Å². The number of ether oxygens (including phenoxy) is 1. The van der Waals surface area contributed by atoms with Gasteiger partial charge in [-0.05, 0) is 50.3 Å². The number of rotatable bonds is 0. The van der Waals surface area contributed by atoms with Crippen molar-refractivity contribution in [3.8, 4) is 0 Å². The normalized spacial score (nSPS) is 60.8. The molecular formula is C16H21NO4. The molecule has 5 heteroatoms. The van der Waals surface area contributed by atoms with Crippen LogP contribution in [0.1, 0.15) is 25.7 Å². The number of carbonyl (C=O) groups excluding carboxylic acids is 1. The predicted molar refractivity (Wildman–Crippen MR) is 73.4 cm³/mol. The first-order valence-corrected chi connectivity index (χ1v) is 8.10. The Labute approximate surface area is 123 Å².